The quantitative estimate of drug-likeness (QED) is 0.414. The van der Waals surface area contributed by atoms with Crippen LogP contribution in [0.1, 0.15) is 11.1 Å². The summed E-state index contributed by atoms with van der Waals surface area (Å²) in [5.41, 5.74) is 4.10. The number of para-hydroxylation sites is 3. The van der Waals surface area contributed by atoms with Gasteiger partial charge in [0.1, 0.15) is 4.53 Å². The van der Waals surface area contributed by atoms with Crippen molar-refractivity contribution in [1.82, 2.24) is 9.38 Å². The van der Waals surface area contributed by atoms with Gasteiger partial charge in [0, 0.05) is 10.6 Å². The van der Waals surface area contributed by atoms with Gasteiger partial charge in [-0.2, -0.15) is 0 Å². The van der Waals surface area contributed by atoms with Crippen molar-refractivity contribution in [3.63, 3.8) is 0 Å². The minimum Gasteiger partial charge on any atom is -0.303 e. The van der Waals surface area contributed by atoms with E-state index in [1.54, 1.807) is 9.30 Å². The van der Waals surface area contributed by atoms with E-state index in [0.29, 0.717) is 26.6 Å². The zero-order chi connectivity index (χ0) is 21.1. The molecule has 0 bridgehead atoms. The van der Waals surface area contributed by atoms with Crippen molar-refractivity contribution in [2.75, 3.05) is 4.90 Å². The minimum atomic E-state index is -0.216. The summed E-state index contributed by atoms with van der Waals surface area (Å²) >= 11 is 7.60. The molecular weight excluding hydrogens is 430 g/mol. The molecule has 5 nitrogen and oxygen atoms in total. The highest BCUT2D eigenvalue weighted by Gasteiger charge is 2.34. The number of benzene rings is 3. The number of anilines is 1. The number of carbonyl (C=O) groups is 1. The molecule has 0 radical (unpaired) electrons. The zero-order valence-electron chi connectivity index (χ0n) is 16.1. The number of halogens is 1. The third kappa shape index (κ3) is 2.65. The lowest BCUT2D eigenvalue weighted by atomic mass is 10.1. The lowest BCUT2D eigenvalue weighted by molar-refractivity contribution is -0.113. The molecule has 5 aromatic rings. The Morgan fingerprint density at radius 2 is 1.65 bits per heavy atom. The van der Waals surface area contributed by atoms with Gasteiger partial charge in [0.05, 0.1) is 28.8 Å². The molecule has 0 atom stereocenters. The van der Waals surface area contributed by atoms with Crippen LogP contribution in [0.2, 0.25) is 5.02 Å². The van der Waals surface area contributed by atoms with Gasteiger partial charge in [-0.25, -0.2) is 9.38 Å². The Bertz CT molecular complexity index is 1640. The van der Waals surface area contributed by atoms with Crippen LogP contribution in [0.4, 0.5) is 5.69 Å². The van der Waals surface area contributed by atoms with Crippen LogP contribution in [0.3, 0.4) is 0 Å². The Kier molecular flexibility index (Phi) is 4.00. The van der Waals surface area contributed by atoms with E-state index in [0.717, 1.165) is 27.8 Å². The number of rotatable bonds is 2. The normalized spacial score (nSPS) is 15.3. The fourth-order valence-corrected chi connectivity index (χ4v) is 5.39. The first-order valence-electron chi connectivity index (χ1n) is 9.72. The molecule has 0 fully saturated rings. The molecule has 0 saturated heterocycles. The van der Waals surface area contributed by atoms with Gasteiger partial charge in [-0.3, -0.25) is 9.59 Å². The lowest BCUT2D eigenvalue weighted by Gasteiger charge is -2.17. The SMILES string of the molecule is O=C1/C(=c2/sc3nc4ccccc4n3c2=O)c2ccccc2N1Cc1ccccc1Cl. The zero-order valence-corrected chi connectivity index (χ0v) is 17.7. The van der Waals surface area contributed by atoms with Gasteiger partial charge >= 0.3 is 0 Å². The van der Waals surface area contributed by atoms with Crippen LogP contribution in [-0.4, -0.2) is 15.3 Å². The van der Waals surface area contributed by atoms with Crippen LogP contribution in [0.25, 0.3) is 21.6 Å². The highest BCUT2D eigenvalue weighted by Crippen LogP contribution is 2.37. The second-order valence-corrected chi connectivity index (χ2v) is 8.71. The molecule has 3 heterocycles. The molecular formula is C24H14ClN3O2S. The molecule has 7 heteroatoms. The molecule has 31 heavy (non-hydrogen) atoms. The fraction of sp³-hybridized carbons (Fsp3) is 0.0417. The van der Waals surface area contributed by atoms with Crippen LogP contribution in [-0.2, 0) is 11.3 Å². The number of aromatic nitrogens is 2. The second kappa shape index (κ2) is 6.77. The number of hydrogen-bond donors (Lipinski definition) is 0. The molecule has 0 saturated carbocycles. The maximum atomic E-state index is 13.6. The number of imidazole rings is 1. The highest BCUT2D eigenvalue weighted by molar-refractivity contribution is 7.15. The summed E-state index contributed by atoms with van der Waals surface area (Å²) in [6, 6.07) is 22.5. The summed E-state index contributed by atoms with van der Waals surface area (Å²) in [4.78, 5) is 33.8. The van der Waals surface area contributed by atoms with Gasteiger partial charge in [0.2, 0.25) is 0 Å². The van der Waals surface area contributed by atoms with Crippen molar-refractivity contribution in [3.05, 3.63) is 104 Å². The highest BCUT2D eigenvalue weighted by atomic mass is 35.5. The third-order valence-corrected chi connectivity index (χ3v) is 6.97. The summed E-state index contributed by atoms with van der Waals surface area (Å²) in [6.07, 6.45) is 0. The molecule has 0 aliphatic carbocycles. The summed E-state index contributed by atoms with van der Waals surface area (Å²) in [6.45, 7) is 0.332. The number of fused-ring (bicyclic) bond motifs is 4. The van der Waals surface area contributed by atoms with E-state index in [4.69, 9.17) is 11.6 Å². The average molecular weight is 444 g/mol. The Balaban J connectivity index is 1.60. The Hall–Kier alpha value is -3.48. The topological polar surface area (TPSA) is 54.7 Å². The summed E-state index contributed by atoms with van der Waals surface area (Å²) in [7, 11) is 0. The van der Waals surface area contributed by atoms with Crippen LogP contribution in [0, 0.1) is 0 Å². The van der Waals surface area contributed by atoms with Crippen LogP contribution >= 0.6 is 22.9 Å². The first-order valence-corrected chi connectivity index (χ1v) is 10.9. The van der Waals surface area contributed by atoms with E-state index >= 15 is 0 Å². The summed E-state index contributed by atoms with van der Waals surface area (Å²) < 4.78 is 2.00. The number of carbonyl (C=O) groups excluding carboxylic acids is 1. The third-order valence-electron chi connectivity index (χ3n) is 5.56. The molecule has 150 valence electrons. The van der Waals surface area contributed by atoms with E-state index in [-0.39, 0.29) is 11.5 Å². The van der Waals surface area contributed by atoms with E-state index in [1.165, 1.54) is 11.3 Å². The average Bonchev–Trinajstić information content (AvgIpc) is 3.39. The second-order valence-electron chi connectivity index (χ2n) is 7.33. The molecule has 1 amide bonds. The molecule has 0 unspecified atom stereocenters. The molecule has 6 rings (SSSR count). The minimum absolute atomic E-state index is 0.202. The van der Waals surface area contributed by atoms with E-state index in [1.807, 2.05) is 72.8 Å². The standard InChI is InChI=1S/C24H14ClN3O2S/c25-16-9-3-1-7-14(16)13-27-18-11-5-2-8-15(18)20(22(27)29)21-23(30)28-19-12-6-4-10-17(19)26-24(28)31-21/h1-12H,13H2/b21-20+. The van der Waals surface area contributed by atoms with Crippen molar-refractivity contribution in [1.29, 1.82) is 0 Å². The maximum absolute atomic E-state index is 13.6. The molecule has 1 aliphatic heterocycles. The number of hydrogen-bond acceptors (Lipinski definition) is 4. The predicted octanol–water partition coefficient (Wildman–Crippen LogP) is 4.03. The van der Waals surface area contributed by atoms with E-state index < -0.39 is 0 Å². The van der Waals surface area contributed by atoms with E-state index in [9.17, 15) is 9.59 Å². The molecule has 0 spiro atoms. The van der Waals surface area contributed by atoms with Gasteiger partial charge < -0.3 is 4.90 Å². The van der Waals surface area contributed by atoms with Gasteiger partial charge in [0.25, 0.3) is 11.5 Å². The van der Waals surface area contributed by atoms with Crippen LogP contribution < -0.4 is 15.0 Å². The van der Waals surface area contributed by atoms with Crippen molar-refractivity contribution < 1.29 is 4.79 Å². The first kappa shape index (κ1) is 18.3. The smallest absolute Gasteiger partial charge is 0.275 e. The molecule has 2 aromatic heterocycles. The summed E-state index contributed by atoms with van der Waals surface area (Å²) in [5.74, 6) is -0.202. The van der Waals surface area contributed by atoms with Crippen molar-refractivity contribution >= 4 is 56.1 Å². The fourth-order valence-electron chi connectivity index (χ4n) is 4.12. The van der Waals surface area contributed by atoms with Crippen molar-refractivity contribution in [3.8, 4) is 0 Å². The number of amides is 1. The maximum Gasteiger partial charge on any atom is 0.275 e. The van der Waals surface area contributed by atoms with Crippen LogP contribution in [0.5, 0.6) is 0 Å². The first-order chi connectivity index (χ1) is 15.1. The predicted molar refractivity (Wildman–Crippen MR) is 124 cm³/mol. The van der Waals surface area contributed by atoms with Gasteiger partial charge in [0.15, 0.2) is 4.96 Å². The number of nitrogens with zero attached hydrogens (tertiary/aromatic N) is 3. The molecule has 1 aliphatic rings. The van der Waals surface area contributed by atoms with E-state index in [2.05, 4.69) is 4.98 Å². The van der Waals surface area contributed by atoms with Gasteiger partial charge in [-0.1, -0.05) is 71.5 Å². The van der Waals surface area contributed by atoms with Crippen molar-refractivity contribution in [2.24, 2.45) is 0 Å². The monoisotopic (exact) mass is 443 g/mol. The summed E-state index contributed by atoms with van der Waals surface area (Å²) in [5, 5.41) is 0.604. The molecule has 3 aromatic carbocycles. The Morgan fingerprint density at radius 3 is 2.52 bits per heavy atom. The lowest BCUT2D eigenvalue weighted by Crippen LogP contribution is -2.32. The Morgan fingerprint density at radius 1 is 0.903 bits per heavy atom. The van der Waals surface area contributed by atoms with Crippen LogP contribution in [0.15, 0.2) is 77.6 Å². The number of thiazole rings is 1. The largest absolute Gasteiger partial charge is 0.303 e. The van der Waals surface area contributed by atoms with Gasteiger partial charge in [-0.05, 0) is 29.8 Å². The van der Waals surface area contributed by atoms with Gasteiger partial charge in [-0.15, -0.1) is 0 Å². The Labute approximate surface area is 185 Å². The molecule has 0 N–H and O–H groups in total. The van der Waals surface area contributed by atoms with Crippen molar-refractivity contribution in [2.45, 2.75) is 6.54 Å².